The Balaban J connectivity index is 1.88. The molecule has 0 atom stereocenters. The van der Waals surface area contributed by atoms with E-state index < -0.39 is 0 Å². The lowest BCUT2D eigenvalue weighted by Gasteiger charge is -2.26. The summed E-state index contributed by atoms with van der Waals surface area (Å²) in [4.78, 5) is 21.3. The fourth-order valence-electron chi connectivity index (χ4n) is 2.86. The molecule has 0 spiro atoms. The minimum absolute atomic E-state index is 0.0947. The fourth-order valence-corrected chi connectivity index (χ4v) is 2.86. The molecule has 1 aliphatic heterocycles. The van der Waals surface area contributed by atoms with Crippen LogP contribution in [0.4, 0.5) is 5.82 Å². The standard InChI is InChI=1S/C18H30N4O2/c1-3-8-22(9-4-2)18(23)16-5-6-19-17(15-16)20-7-10-21-11-13-24-14-12-21/h5-6,15H,3-4,7-14H2,1-2H3,(H,19,20). The number of hydrogen-bond acceptors (Lipinski definition) is 5. The smallest absolute Gasteiger partial charge is 0.254 e. The van der Waals surface area contributed by atoms with Crippen LogP contribution in [0, 0.1) is 0 Å². The lowest BCUT2D eigenvalue weighted by atomic mass is 10.2. The molecule has 1 N–H and O–H groups in total. The van der Waals surface area contributed by atoms with Crippen molar-refractivity contribution in [2.75, 3.05) is 57.8 Å². The van der Waals surface area contributed by atoms with Crippen molar-refractivity contribution in [2.24, 2.45) is 0 Å². The van der Waals surface area contributed by atoms with E-state index in [4.69, 9.17) is 4.74 Å². The van der Waals surface area contributed by atoms with Crippen LogP contribution in [0.1, 0.15) is 37.0 Å². The average molecular weight is 334 g/mol. The molecular formula is C18H30N4O2. The average Bonchev–Trinajstić information content (AvgIpc) is 2.62. The molecule has 0 radical (unpaired) electrons. The number of nitrogens with zero attached hydrogens (tertiary/aromatic N) is 3. The first-order valence-corrected chi connectivity index (χ1v) is 9.04. The Morgan fingerprint density at radius 1 is 1.29 bits per heavy atom. The van der Waals surface area contributed by atoms with Gasteiger partial charge in [0.25, 0.3) is 5.91 Å². The van der Waals surface area contributed by atoms with E-state index >= 15 is 0 Å². The molecule has 0 aromatic carbocycles. The molecular weight excluding hydrogens is 304 g/mol. The summed E-state index contributed by atoms with van der Waals surface area (Å²) in [5, 5.41) is 3.33. The van der Waals surface area contributed by atoms with Crippen LogP contribution in [0.15, 0.2) is 18.3 Å². The number of carbonyl (C=O) groups excluding carboxylic acids is 1. The van der Waals surface area contributed by atoms with E-state index in [0.717, 1.165) is 71.1 Å². The molecule has 0 unspecified atom stereocenters. The number of amides is 1. The van der Waals surface area contributed by atoms with Gasteiger partial charge in [-0.05, 0) is 25.0 Å². The van der Waals surface area contributed by atoms with Crippen LogP contribution in [0.5, 0.6) is 0 Å². The third-order valence-corrected chi connectivity index (χ3v) is 4.12. The molecule has 0 aliphatic carbocycles. The van der Waals surface area contributed by atoms with Crippen molar-refractivity contribution in [3.63, 3.8) is 0 Å². The predicted octanol–water partition coefficient (Wildman–Crippen LogP) is 2.09. The second-order valence-corrected chi connectivity index (χ2v) is 6.10. The molecule has 1 amide bonds. The second kappa shape index (κ2) is 10.3. The van der Waals surface area contributed by atoms with Crippen molar-refractivity contribution >= 4 is 11.7 Å². The van der Waals surface area contributed by atoms with Crippen LogP contribution in [-0.2, 0) is 4.74 Å². The van der Waals surface area contributed by atoms with Crippen LogP contribution in [0.3, 0.4) is 0 Å². The molecule has 1 saturated heterocycles. The van der Waals surface area contributed by atoms with Gasteiger partial charge in [-0.3, -0.25) is 9.69 Å². The van der Waals surface area contributed by atoms with Gasteiger partial charge in [0.1, 0.15) is 5.82 Å². The lowest BCUT2D eigenvalue weighted by molar-refractivity contribution is 0.0398. The quantitative estimate of drug-likeness (QED) is 0.749. The summed E-state index contributed by atoms with van der Waals surface area (Å²) >= 11 is 0. The molecule has 1 aromatic heterocycles. The van der Waals surface area contributed by atoms with Gasteiger partial charge in [-0.25, -0.2) is 4.98 Å². The van der Waals surface area contributed by atoms with Gasteiger partial charge in [-0.15, -0.1) is 0 Å². The Bertz CT molecular complexity index is 498. The van der Waals surface area contributed by atoms with Crippen molar-refractivity contribution in [1.82, 2.24) is 14.8 Å². The maximum Gasteiger partial charge on any atom is 0.254 e. The number of nitrogens with one attached hydrogen (secondary N) is 1. The first-order chi connectivity index (χ1) is 11.7. The minimum atomic E-state index is 0.0947. The molecule has 2 heterocycles. The van der Waals surface area contributed by atoms with Crippen molar-refractivity contribution in [3.8, 4) is 0 Å². The van der Waals surface area contributed by atoms with Gasteiger partial charge in [0.15, 0.2) is 0 Å². The molecule has 1 fully saturated rings. The zero-order valence-corrected chi connectivity index (χ0v) is 15.0. The predicted molar refractivity (Wildman–Crippen MR) is 96.5 cm³/mol. The minimum Gasteiger partial charge on any atom is -0.379 e. The maximum atomic E-state index is 12.6. The Morgan fingerprint density at radius 2 is 2.00 bits per heavy atom. The van der Waals surface area contributed by atoms with E-state index in [9.17, 15) is 4.79 Å². The number of aromatic nitrogens is 1. The van der Waals surface area contributed by atoms with E-state index in [2.05, 4.69) is 29.0 Å². The topological polar surface area (TPSA) is 57.7 Å². The number of anilines is 1. The Labute approximate surface area is 145 Å². The van der Waals surface area contributed by atoms with Crippen LogP contribution in [0.2, 0.25) is 0 Å². The third kappa shape index (κ3) is 5.76. The molecule has 134 valence electrons. The van der Waals surface area contributed by atoms with Gasteiger partial charge in [0.2, 0.25) is 0 Å². The zero-order chi connectivity index (χ0) is 17.2. The highest BCUT2D eigenvalue weighted by Crippen LogP contribution is 2.11. The van der Waals surface area contributed by atoms with Crippen molar-refractivity contribution in [2.45, 2.75) is 26.7 Å². The van der Waals surface area contributed by atoms with E-state index in [-0.39, 0.29) is 5.91 Å². The summed E-state index contributed by atoms with van der Waals surface area (Å²) in [7, 11) is 0. The normalized spacial score (nSPS) is 15.2. The van der Waals surface area contributed by atoms with E-state index in [0.29, 0.717) is 5.56 Å². The van der Waals surface area contributed by atoms with Gasteiger partial charge in [-0.1, -0.05) is 13.8 Å². The second-order valence-electron chi connectivity index (χ2n) is 6.10. The highest BCUT2D eigenvalue weighted by atomic mass is 16.5. The highest BCUT2D eigenvalue weighted by Gasteiger charge is 2.15. The number of rotatable bonds is 9. The van der Waals surface area contributed by atoms with E-state index in [1.54, 1.807) is 12.3 Å². The monoisotopic (exact) mass is 334 g/mol. The van der Waals surface area contributed by atoms with Crippen molar-refractivity contribution < 1.29 is 9.53 Å². The first-order valence-electron chi connectivity index (χ1n) is 9.04. The Morgan fingerprint density at radius 3 is 2.67 bits per heavy atom. The molecule has 1 aliphatic rings. The maximum absolute atomic E-state index is 12.6. The van der Waals surface area contributed by atoms with Crippen LogP contribution in [-0.4, -0.2) is 73.2 Å². The number of ether oxygens (including phenoxy) is 1. The van der Waals surface area contributed by atoms with Crippen molar-refractivity contribution in [1.29, 1.82) is 0 Å². The van der Waals surface area contributed by atoms with Gasteiger partial charge >= 0.3 is 0 Å². The molecule has 6 nitrogen and oxygen atoms in total. The molecule has 24 heavy (non-hydrogen) atoms. The number of carbonyl (C=O) groups is 1. The summed E-state index contributed by atoms with van der Waals surface area (Å²) in [6.07, 6.45) is 3.66. The summed E-state index contributed by atoms with van der Waals surface area (Å²) in [5.41, 5.74) is 0.709. The molecule has 0 bridgehead atoms. The SMILES string of the molecule is CCCN(CCC)C(=O)c1ccnc(NCCN2CCOCC2)c1. The molecule has 1 aromatic rings. The van der Waals surface area contributed by atoms with E-state index in [1.165, 1.54) is 0 Å². The Kier molecular flexibility index (Phi) is 7.98. The highest BCUT2D eigenvalue weighted by molar-refractivity contribution is 5.94. The summed E-state index contributed by atoms with van der Waals surface area (Å²) in [5.74, 6) is 0.861. The number of morpholine rings is 1. The van der Waals surface area contributed by atoms with Gasteiger partial charge in [0, 0.05) is 51.0 Å². The molecule has 6 heteroatoms. The van der Waals surface area contributed by atoms with Gasteiger partial charge in [-0.2, -0.15) is 0 Å². The van der Waals surface area contributed by atoms with Gasteiger partial charge in [0.05, 0.1) is 13.2 Å². The van der Waals surface area contributed by atoms with Crippen molar-refractivity contribution in [3.05, 3.63) is 23.9 Å². The van der Waals surface area contributed by atoms with Crippen LogP contribution in [0.25, 0.3) is 0 Å². The zero-order valence-electron chi connectivity index (χ0n) is 15.0. The summed E-state index contributed by atoms with van der Waals surface area (Å²) in [6.45, 7) is 11.2. The van der Waals surface area contributed by atoms with Crippen LogP contribution < -0.4 is 5.32 Å². The number of pyridine rings is 1. The summed E-state index contributed by atoms with van der Waals surface area (Å²) in [6, 6.07) is 3.66. The molecule has 2 rings (SSSR count). The Hall–Kier alpha value is -1.66. The van der Waals surface area contributed by atoms with Crippen LogP contribution >= 0.6 is 0 Å². The lowest BCUT2D eigenvalue weighted by Crippen LogP contribution is -2.39. The largest absolute Gasteiger partial charge is 0.379 e. The summed E-state index contributed by atoms with van der Waals surface area (Å²) < 4.78 is 5.35. The van der Waals surface area contributed by atoms with Gasteiger partial charge < -0.3 is 15.0 Å². The first kappa shape index (κ1) is 18.7. The number of hydrogen-bond donors (Lipinski definition) is 1. The molecule has 0 saturated carbocycles. The third-order valence-electron chi connectivity index (χ3n) is 4.12. The van der Waals surface area contributed by atoms with E-state index in [1.807, 2.05) is 11.0 Å². The fraction of sp³-hybridized carbons (Fsp3) is 0.667.